The van der Waals surface area contributed by atoms with Crippen molar-refractivity contribution in [3.8, 4) is 0 Å². The fraction of sp³-hybridized carbons (Fsp3) is 0.391. The van der Waals surface area contributed by atoms with Crippen LogP contribution in [0, 0.1) is 0 Å². The topological polar surface area (TPSA) is 53.9 Å². The van der Waals surface area contributed by atoms with E-state index in [-0.39, 0.29) is 18.4 Å². The Kier molecular flexibility index (Phi) is 6.82. The van der Waals surface area contributed by atoms with Crippen LogP contribution in [0.25, 0.3) is 0 Å². The van der Waals surface area contributed by atoms with Crippen molar-refractivity contribution in [3.63, 3.8) is 0 Å². The third kappa shape index (κ3) is 5.42. The summed E-state index contributed by atoms with van der Waals surface area (Å²) in [5.74, 6) is 0.339. The van der Waals surface area contributed by atoms with Gasteiger partial charge in [0.15, 0.2) is 0 Å². The van der Waals surface area contributed by atoms with E-state index in [0.29, 0.717) is 11.5 Å². The fourth-order valence-corrected chi connectivity index (χ4v) is 3.52. The molecule has 2 aromatic carbocycles. The third-order valence-electron chi connectivity index (χ3n) is 5.36. The number of quaternary nitrogens is 1. The van der Waals surface area contributed by atoms with E-state index in [1.165, 1.54) is 16.0 Å². The van der Waals surface area contributed by atoms with Gasteiger partial charge in [-0.2, -0.15) is 0 Å². The zero-order valence-electron chi connectivity index (χ0n) is 16.8. The Morgan fingerprint density at radius 1 is 1.00 bits per heavy atom. The van der Waals surface area contributed by atoms with Crippen molar-refractivity contribution in [2.24, 2.45) is 0 Å². The van der Waals surface area contributed by atoms with Gasteiger partial charge in [-0.05, 0) is 23.6 Å². The summed E-state index contributed by atoms with van der Waals surface area (Å²) in [6, 6.07) is 17.9. The predicted octanol–water partition coefficient (Wildman–Crippen LogP) is 1.47. The summed E-state index contributed by atoms with van der Waals surface area (Å²) in [6.45, 7) is 8.80. The average Bonchev–Trinajstić information content (AvgIpc) is 2.73. The molecule has 0 unspecified atom stereocenters. The zero-order valence-corrected chi connectivity index (χ0v) is 16.8. The van der Waals surface area contributed by atoms with Crippen LogP contribution in [0.15, 0.2) is 54.6 Å². The highest BCUT2D eigenvalue weighted by Crippen LogP contribution is 2.14. The molecule has 0 radical (unpaired) electrons. The summed E-state index contributed by atoms with van der Waals surface area (Å²) in [7, 11) is 0. The summed E-state index contributed by atoms with van der Waals surface area (Å²) in [6.07, 6.45) is 0. The van der Waals surface area contributed by atoms with E-state index in [1.54, 1.807) is 12.1 Å². The molecule has 0 saturated carbocycles. The van der Waals surface area contributed by atoms with E-state index in [4.69, 9.17) is 0 Å². The van der Waals surface area contributed by atoms with Crippen molar-refractivity contribution in [1.29, 1.82) is 0 Å². The molecule has 0 aliphatic carbocycles. The molecule has 1 fully saturated rings. The van der Waals surface area contributed by atoms with Gasteiger partial charge in [-0.15, -0.1) is 0 Å². The van der Waals surface area contributed by atoms with Crippen LogP contribution in [-0.4, -0.2) is 49.4 Å². The maximum atomic E-state index is 12.4. The monoisotopic (exact) mass is 380 g/mol. The Labute approximate surface area is 167 Å². The number of hydrogen-bond acceptors (Lipinski definition) is 2. The van der Waals surface area contributed by atoms with Gasteiger partial charge in [0.25, 0.3) is 5.91 Å². The van der Waals surface area contributed by atoms with Gasteiger partial charge in [-0.1, -0.05) is 56.3 Å². The Morgan fingerprint density at radius 3 is 2.25 bits per heavy atom. The van der Waals surface area contributed by atoms with Crippen LogP contribution >= 0.6 is 0 Å². The van der Waals surface area contributed by atoms with E-state index in [1.807, 2.05) is 23.1 Å². The molecule has 3 rings (SSSR count). The lowest BCUT2D eigenvalue weighted by Crippen LogP contribution is -3.13. The van der Waals surface area contributed by atoms with E-state index in [0.717, 1.165) is 32.7 Å². The molecule has 5 nitrogen and oxygen atoms in total. The Balaban J connectivity index is 1.42. The minimum absolute atomic E-state index is 0.00961. The second-order valence-electron chi connectivity index (χ2n) is 7.75. The number of amides is 2. The second kappa shape index (κ2) is 9.51. The maximum absolute atomic E-state index is 12.4. The van der Waals surface area contributed by atoms with Gasteiger partial charge in [0.1, 0.15) is 6.54 Å². The van der Waals surface area contributed by atoms with Crippen molar-refractivity contribution < 1.29 is 14.5 Å². The summed E-state index contributed by atoms with van der Waals surface area (Å²) < 4.78 is 0. The van der Waals surface area contributed by atoms with E-state index in [9.17, 15) is 9.59 Å². The minimum atomic E-state index is -0.206. The SMILES string of the molecule is CC(C)c1ccc(C[NH+]2CCN(C(=O)CNC(=O)c3ccccc3)CC2)cc1. The quantitative estimate of drug-likeness (QED) is 0.797. The van der Waals surface area contributed by atoms with Crippen LogP contribution in [-0.2, 0) is 11.3 Å². The lowest BCUT2D eigenvalue weighted by molar-refractivity contribution is -0.917. The van der Waals surface area contributed by atoms with Crippen molar-refractivity contribution in [1.82, 2.24) is 10.2 Å². The van der Waals surface area contributed by atoms with Gasteiger partial charge < -0.3 is 15.1 Å². The molecule has 2 aromatic rings. The molecule has 2 N–H and O–H groups in total. The smallest absolute Gasteiger partial charge is 0.251 e. The number of hydrogen-bond donors (Lipinski definition) is 2. The Hall–Kier alpha value is -2.66. The minimum Gasteiger partial charge on any atom is -0.343 e. The molecule has 0 atom stereocenters. The first-order chi connectivity index (χ1) is 13.5. The van der Waals surface area contributed by atoms with Crippen molar-refractivity contribution in [2.45, 2.75) is 26.3 Å². The predicted molar refractivity (Wildman–Crippen MR) is 110 cm³/mol. The average molecular weight is 381 g/mol. The fourth-order valence-electron chi connectivity index (χ4n) is 3.52. The van der Waals surface area contributed by atoms with Crippen LogP contribution < -0.4 is 10.2 Å². The number of carbonyl (C=O) groups is 2. The third-order valence-corrected chi connectivity index (χ3v) is 5.36. The summed E-state index contributed by atoms with van der Waals surface area (Å²) in [5.41, 5.74) is 3.29. The molecule has 2 amide bonds. The summed E-state index contributed by atoms with van der Waals surface area (Å²) >= 11 is 0. The van der Waals surface area contributed by atoms with E-state index in [2.05, 4.69) is 43.4 Å². The zero-order chi connectivity index (χ0) is 19.9. The second-order valence-corrected chi connectivity index (χ2v) is 7.75. The van der Waals surface area contributed by atoms with Crippen molar-refractivity contribution in [2.75, 3.05) is 32.7 Å². The first-order valence-electron chi connectivity index (χ1n) is 10.1. The highest BCUT2D eigenvalue weighted by molar-refractivity contribution is 5.96. The summed E-state index contributed by atoms with van der Waals surface area (Å²) in [5, 5.41) is 2.72. The van der Waals surface area contributed by atoms with Crippen LogP contribution in [0.5, 0.6) is 0 Å². The van der Waals surface area contributed by atoms with Gasteiger partial charge in [0.05, 0.1) is 32.7 Å². The van der Waals surface area contributed by atoms with Gasteiger partial charge in [0.2, 0.25) is 5.91 Å². The highest BCUT2D eigenvalue weighted by Gasteiger charge is 2.24. The van der Waals surface area contributed by atoms with Crippen molar-refractivity contribution >= 4 is 11.8 Å². The molecule has 1 aliphatic heterocycles. The standard InChI is InChI=1S/C23H29N3O2/c1-18(2)20-10-8-19(9-11-20)17-25-12-14-26(15-13-25)22(27)16-24-23(28)21-6-4-3-5-7-21/h3-11,18H,12-17H2,1-2H3,(H,24,28)/p+1. The van der Waals surface area contributed by atoms with Crippen LogP contribution in [0.2, 0.25) is 0 Å². The molecule has 28 heavy (non-hydrogen) atoms. The van der Waals surface area contributed by atoms with Gasteiger partial charge in [-0.25, -0.2) is 0 Å². The first-order valence-corrected chi connectivity index (χ1v) is 10.1. The highest BCUT2D eigenvalue weighted by atomic mass is 16.2. The Bertz CT molecular complexity index is 779. The molecular weight excluding hydrogens is 350 g/mol. The summed E-state index contributed by atoms with van der Waals surface area (Å²) in [4.78, 5) is 27.8. The number of rotatable bonds is 6. The number of benzene rings is 2. The van der Waals surface area contributed by atoms with Crippen LogP contribution in [0.4, 0.5) is 0 Å². The molecule has 1 aliphatic rings. The lowest BCUT2D eigenvalue weighted by atomic mass is 10.0. The lowest BCUT2D eigenvalue weighted by Gasteiger charge is -2.32. The van der Waals surface area contributed by atoms with E-state index < -0.39 is 0 Å². The van der Waals surface area contributed by atoms with E-state index >= 15 is 0 Å². The largest absolute Gasteiger partial charge is 0.343 e. The molecule has 1 heterocycles. The van der Waals surface area contributed by atoms with Crippen LogP contribution in [0.3, 0.4) is 0 Å². The molecule has 148 valence electrons. The van der Waals surface area contributed by atoms with Gasteiger partial charge in [0, 0.05) is 11.1 Å². The molecule has 0 bridgehead atoms. The van der Waals surface area contributed by atoms with Gasteiger partial charge in [-0.3, -0.25) is 9.59 Å². The number of nitrogens with zero attached hydrogens (tertiary/aromatic N) is 1. The first kappa shape index (κ1) is 20.1. The normalized spacial score (nSPS) is 14.9. The number of carbonyl (C=O) groups excluding carboxylic acids is 2. The molecule has 5 heteroatoms. The van der Waals surface area contributed by atoms with Crippen LogP contribution in [0.1, 0.15) is 41.3 Å². The molecule has 0 spiro atoms. The molecule has 1 saturated heterocycles. The van der Waals surface area contributed by atoms with Gasteiger partial charge >= 0.3 is 0 Å². The molecular formula is C23H30N3O2+. The number of nitrogens with one attached hydrogen (secondary N) is 2. The van der Waals surface area contributed by atoms with Crippen molar-refractivity contribution in [3.05, 3.63) is 71.3 Å². The molecule has 0 aromatic heterocycles. The Morgan fingerprint density at radius 2 is 1.64 bits per heavy atom. The number of piperazine rings is 1. The maximum Gasteiger partial charge on any atom is 0.251 e.